The van der Waals surface area contributed by atoms with Crippen LogP contribution in [0.5, 0.6) is 0 Å². The van der Waals surface area contributed by atoms with E-state index in [1.165, 1.54) is 0 Å². The van der Waals surface area contributed by atoms with Crippen LogP contribution in [0, 0.1) is 5.92 Å². The fourth-order valence-electron chi connectivity index (χ4n) is 5.67. The maximum absolute atomic E-state index is 12.1. The van der Waals surface area contributed by atoms with Crippen molar-refractivity contribution in [3.05, 3.63) is 95.1 Å². The number of rotatable bonds is 11. The highest BCUT2D eigenvalue weighted by molar-refractivity contribution is 5.80. The number of hydrogen-bond acceptors (Lipinski definition) is 8. The Morgan fingerprint density at radius 2 is 1.64 bits per heavy atom. The summed E-state index contributed by atoms with van der Waals surface area (Å²) in [6.45, 7) is 8.34. The predicted molar refractivity (Wildman–Crippen MR) is 169 cm³/mol. The van der Waals surface area contributed by atoms with E-state index >= 15 is 0 Å². The van der Waals surface area contributed by atoms with Crippen LogP contribution in [0.1, 0.15) is 48.5 Å². The van der Waals surface area contributed by atoms with Crippen molar-refractivity contribution in [1.82, 2.24) is 15.5 Å². The summed E-state index contributed by atoms with van der Waals surface area (Å²) in [7, 11) is 0. The summed E-state index contributed by atoms with van der Waals surface area (Å²) >= 11 is 0. The van der Waals surface area contributed by atoms with E-state index in [1.54, 1.807) is 6.92 Å². The standard InChI is InChI=1S/C35H43N3O7/c1-3-43-32(40)21-37-35(41)36-20-26-5-4-6-30(19-26)27-11-13-29(14-12-27)34-44-31(22-38-15-17-42-18-16-38)24(2)33(45-34)28-9-7-25(23-39)8-10-28/h4-14,19,24,31,33-34,39H,3,15-18,20-23H2,1-2H3,(H2,36,37,41)/t24-,31+,33+,34+/m0/s1. The van der Waals surface area contributed by atoms with E-state index in [9.17, 15) is 14.7 Å². The van der Waals surface area contributed by atoms with Crippen molar-refractivity contribution >= 4 is 12.0 Å². The van der Waals surface area contributed by atoms with Crippen LogP contribution in [0.2, 0.25) is 0 Å². The second kappa shape index (κ2) is 16.0. The summed E-state index contributed by atoms with van der Waals surface area (Å²) in [5, 5.41) is 14.8. The molecule has 3 aromatic rings. The number of carbonyl (C=O) groups is 2. The van der Waals surface area contributed by atoms with Crippen molar-refractivity contribution in [3.8, 4) is 11.1 Å². The third-order valence-electron chi connectivity index (χ3n) is 8.26. The number of esters is 1. The van der Waals surface area contributed by atoms with Crippen LogP contribution < -0.4 is 10.6 Å². The van der Waals surface area contributed by atoms with Gasteiger partial charge < -0.3 is 34.7 Å². The number of nitrogens with one attached hydrogen (secondary N) is 2. The van der Waals surface area contributed by atoms with Crippen LogP contribution >= 0.6 is 0 Å². The van der Waals surface area contributed by atoms with Gasteiger partial charge >= 0.3 is 12.0 Å². The number of hydrogen-bond donors (Lipinski definition) is 3. The summed E-state index contributed by atoms with van der Waals surface area (Å²) in [4.78, 5) is 26.0. The van der Waals surface area contributed by atoms with Gasteiger partial charge in [-0.1, -0.05) is 73.7 Å². The van der Waals surface area contributed by atoms with Gasteiger partial charge in [0.25, 0.3) is 0 Å². The fraction of sp³-hybridized carbons (Fsp3) is 0.429. The number of morpholine rings is 1. The lowest BCUT2D eigenvalue weighted by Gasteiger charge is -2.43. The van der Waals surface area contributed by atoms with Gasteiger partial charge in [-0.05, 0) is 40.8 Å². The van der Waals surface area contributed by atoms with E-state index in [0.29, 0.717) is 6.54 Å². The molecule has 0 aromatic heterocycles. The number of carbonyl (C=O) groups excluding carboxylic acids is 2. The number of urea groups is 1. The molecule has 2 aliphatic rings. The minimum atomic E-state index is -0.535. The van der Waals surface area contributed by atoms with Crippen molar-refractivity contribution in [2.75, 3.05) is 46.0 Å². The van der Waals surface area contributed by atoms with Crippen LogP contribution in [0.3, 0.4) is 0 Å². The number of amides is 2. The molecule has 2 aliphatic heterocycles. The number of benzene rings is 3. The minimum absolute atomic E-state index is 0.00493. The van der Waals surface area contributed by atoms with Crippen LogP contribution in [0.15, 0.2) is 72.8 Å². The van der Waals surface area contributed by atoms with Gasteiger partial charge in [-0.15, -0.1) is 0 Å². The molecule has 3 aromatic carbocycles. The monoisotopic (exact) mass is 617 g/mol. The van der Waals surface area contributed by atoms with Gasteiger partial charge in [0.15, 0.2) is 6.29 Å². The molecule has 10 heteroatoms. The normalized spacial score (nSPS) is 22.0. The summed E-state index contributed by atoms with van der Waals surface area (Å²) in [6.07, 6.45) is -0.740. The number of aliphatic hydroxyl groups is 1. The molecular formula is C35H43N3O7. The largest absolute Gasteiger partial charge is 0.465 e. The molecule has 4 atom stereocenters. The Hall–Kier alpha value is -3.80. The quantitative estimate of drug-likeness (QED) is 0.272. The van der Waals surface area contributed by atoms with Crippen molar-refractivity contribution < 1.29 is 33.6 Å². The van der Waals surface area contributed by atoms with Crippen LogP contribution in [0.4, 0.5) is 4.79 Å². The molecule has 0 radical (unpaired) electrons. The Kier molecular flexibility index (Phi) is 11.6. The Balaban J connectivity index is 1.27. The van der Waals surface area contributed by atoms with E-state index < -0.39 is 18.3 Å². The molecule has 2 amide bonds. The van der Waals surface area contributed by atoms with E-state index in [4.69, 9.17) is 18.9 Å². The first kappa shape index (κ1) is 32.6. The highest BCUT2D eigenvalue weighted by Gasteiger charge is 2.39. The molecule has 10 nitrogen and oxygen atoms in total. The maximum Gasteiger partial charge on any atom is 0.325 e. The van der Waals surface area contributed by atoms with Crippen molar-refractivity contribution in [2.24, 2.45) is 5.92 Å². The predicted octanol–water partition coefficient (Wildman–Crippen LogP) is 4.33. The first-order valence-electron chi connectivity index (χ1n) is 15.6. The summed E-state index contributed by atoms with van der Waals surface area (Å²) in [5.74, 6) is -0.358. The molecule has 0 bridgehead atoms. The molecular weight excluding hydrogens is 574 g/mol. The van der Waals surface area contributed by atoms with Crippen LogP contribution in [-0.4, -0.2) is 74.1 Å². The lowest BCUT2D eigenvalue weighted by atomic mass is 9.90. The summed E-state index contributed by atoms with van der Waals surface area (Å²) < 4.78 is 23.6. The number of ether oxygens (including phenoxy) is 4. The first-order chi connectivity index (χ1) is 21.9. The SMILES string of the molecule is CCOC(=O)CNC(=O)NCc1cccc(-c2ccc([C@@H]3O[C@H](CN4CCOCC4)[C@H](C)[C@H](c4ccc(CO)cc4)O3)cc2)c1. The molecule has 5 rings (SSSR count). The smallest absolute Gasteiger partial charge is 0.325 e. The summed E-state index contributed by atoms with van der Waals surface area (Å²) in [5.41, 5.74) is 5.84. The Labute approximate surface area is 264 Å². The first-order valence-corrected chi connectivity index (χ1v) is 15.6. The van der Waals surface area contributed by atoms with Gasteiger partial charge in [0.1, 0.15) is 6.54 Å². The zero-order valence-corrected chi connectivity index (χ0v) is 25.9. The lowest BCUT2D eigenvalue weighted by molar-refractivity contribution is -0.277. The van der Waals surface area contributed by atoms with E-state index in [0.717, 1.165) is 66.2 Å². The molecule has 240 valence electrons. The average molecular weight is 618 g/mol. The van der Waals surface area contributed by atoms with Crippen LogP contribution in [-0.2, 0) is 36.9 Å². The molecule has 0 unspecified atom stereocenters. The van der Waals surface area contributed by atoms with Crippen molar-refractivity contribution in [3.63, 3.8) is 0 Å². The van der Waals surface area contributed by atoms with Crippen molar-refractivity contribution in [2.45, 2.75) is 45.5 Å². The Morgan fingerprint density at radius 3 is 2.36 bits per heavy atom. The number of nitrogens with zero attached hydrogens (tertiary/aromatic N) is 1. The second-order valence-corrected chi connectivity index (χ2v) is 11.4. The van der Waals surface area contributed by atoms with Gasteiger partial charge in [-0.2, -0.15) is 0 Å². The molecule has 0 aliphatic carbocycles. The van der Waals surface area contributed by atoms with Crippen LogP contribution in [0.25, 0.3) is 11.1 Å². The van der Waals surface area contributed by atoms with Gasteiger partial charge in [0.05, 0.1) is 38.6 Å². The van der Waals surface area contributed by atoms with E-state index in [1.807, 2.05) is 60.7 Å². The zero-order valence-electron chi connectivity index (χ0n) is 25.9. The van der Waals surface area contributed by atoms with Gasteiger partial charge in [0.2, 0.25) is 0 Å². The highest BCUT2D eigenvalue weighted by Crippen LogP contribution is 2.42. The third kappa shape index (κ3) is 8.90. The lowest BCUT2D eigenvalue weighted by Crippen LogP contribution is -2.47. The van der Waals surface area contributed by atoms with Gasteiger partial charge in [-0.25, -0.2) is 4.79 Å². The summed E-state index contributed by atoms with van der Waals surface area (Å²) in [6, 6.07) is 23.7. The molecule has 2 saturated heterocycles. The minimum Gasteiger partial charge on any atom is -0.465 e. The highest BCUT2D eigenvalue weighted by atomic mass is 16.7. The third-order valence-corrected chi connectivity index (χ3v) is 8.26. The molecule has 2 heterocycles. The van der Waals surface area contributed by atoms with Gasteiger partial charge in [0, 0.05) is 37.7 Å². The Morgan fingerprint density at radius 1 is 0.911 bits per heavy atom. The molecule has 3 N–H and O–H groups in total. The topological polar surface area (TPSA) is 119 Å². The Bertz CT molecular complexity index is 1390. The maximum atomic E-state index is 12.1. The van der Waals surface area contributed by atoms with E-state index in [2.05, 4.69) is 34.6 Å². The second-order valence-electron chi connectivity index (χ2n) is 11.4. The van der Waals surface area contributed by atoms with E-state index in [-0.39, 0.29) is 37.9 Å². The zero-order chi connectivity index (χ0) is 31.6. The van der Waals surface area contributed by atoms with Gasteiger partial charge in [-0.3, -0.25) is 9.69 Å². The van der Waals surface area contributed by atoms with Crippen molar-refractivity contribution in [1.29, 1.82) is 0 Å². The molecule has 2 fully saturated rings. The molecule has 0 spiro atoms. The molecule has 45 heavy (non-hydrogen) atoms. The number of aliphatic hydroxyl groups excluding tert-OH is 1. The average Bonchev–Trinajstić information content (AvgIpc) is 3.08. The fourth-order valence-corrected chi connectivity index (χ4v) is 5.67. The molecule has 0 saturated carbocycles.